The molecular formula is C19H21BrN2O2. The molecule has 2 aromatic carbocycles. The number of halogens is 1. The van der Waals surface area contributed by atoms with Crippen LogP contribution in [0.4, 0.5) is 5.69 Å². The zero-order chi connectivity index (χ0) is 16.9. The first-order chi connectivity index (χ1) is 11.6. The predicted octanol–water partition coefficient (Wildman–Crippen LogP) is 3.56. The van der Waals surface area contributed by atoms with Gasteiger partial charge in [0.2, 0.25) is 5.91 Å². The van der Waals surface area contributed by atoms with Crippen LogP contribution in [-0.2, 0) is 16.0 Å². The molecule has 0 bridgehead atoms. The molecule has 24 heavy (non-hydrogen) atoms. The zero-order valence-electron chi connectivity index (χ0n) is 13.5. The molecule has 0 saturated carbocycles. The van der Waals surface area contributed by atoms with Crippen molar-refractivity contribution in [1.29, 1.82) is 0 Å². The summed E-state index contributed by atoms with van der Waals surface area (Å²) >= 11 is 3.44. The van der Waals surface area contributed by atoms with Gasteiger partial charge in [-0.3, -0.25) is 4.79 Å². The van der Waals surface area contributed by atoms with E-state index in [4.69, 9.17) is 10.5 Å². The second kappa shape index (κ2) is 7.81. The fourth-order valence-electron chi connectivity index (χ4n) is 2.92. The average Bonchev–Trinajstić information content (AvgIpc) is 2.61. The monoisotopic (exact) mass is 388 g/mol. The third kappa shape index (κ3) is 4.16. The van der Waals surface area contributed by atoms with Crippen LogP contribution in [-0.4, -0.2) is 30.5 Å². The van der Waals surface area contributed by atoms with E-state index in [1.165, 1.54) is 0 Å². The Kier molecular flexibility index (Phi) is 5.53. The van der Waals surface area contributed by atoms with Crippen molar-refractivity contribution in [3.8, 4) is 0 Å². The van der Waals surface area contributed by atoms with E-state index in [-0.39, 0.29) is 12.0 Å². The molecule has 0 aromatic heterocycles. The van der Waals surface area contributed by atoms with Gasteiger partial charge in [-0.15, -0.1) is 0 Å². The Labute approximate surface area is 150 Å². The number of nitrogens with two attached hydrogens (primary N) is 1. The number of benzene rings is 2. The normalized spacial score (nSPS) is 17.7. The number of ether oxygens (including phenoxy) is 1. The molecule has 3 rings (SSSR count). The zero-order valence-corrected chi connectivity index (χ0v) is 15.0. The summed E-state index contributed by atoms with van der Waals surface area (Å²) in [6, 6.07) is 15.8. The molecule has 126 valence electrons. The minimum absolute atomic E-state index is 0.0578. The topological polar surface area (TPSA) is 55.6 Å². The van der Waals surface area contributed by atoms with Crippen LogP contribution in [0.1, 0.15) is 23.7 Å². The van der Waals surface area contributed by atoms with E-state index in [0.717, 1.165) is 21.3 Å². The van der Waals surface area contributed by atoms with Gasteiger partial charge < -0.3 is 15.4 Å². The second-order valence-corrected chi connectivity index (χ2v) is 6.87. The van der Waals surface area contributed by atoms with Crippen LogP contribution in [0.25, 0.3) is 0 Å². The Balaban J connectivity index is 1.59. The Morgan fingerprint density at radius 1 is 1.21 bits per heavy atom. The number of nitrogens with zero attached hydrogens (tertiary/aromatic N) is 1. The van der Waals surface area contributed by atoms with Gasteiger partial charge in [-0.2, -0.15) is 0 Å². The highest BCUT2D eigenvalue weighted by molar-refractivity contribution is 9.10. The van der Waals surface area contributed by atoms with E-state index in [0.29, 0.717) is 32.5 Å². The van der Waals surface area contributed by atoms with Crippen LogP contribution in [0, 0.1) is 0 Å². The molecule has 0 radical (unpaired) electrons. The van der Waals surface area contributed by atoms with Gasteiger partial charge in [-0.25, -0.2) is 0 Å². The van der Waals surface area contributed by atoms with Crippen LogP contribution >= 0.6 is 15.9 Å². The van der Waals surface area contributed by atoms with E-state index < -0.39 is 0 Å². The third-order valence-corrected chi connectivity index (χ3v) is 4.85. The molecule has 1 amide bonds. The maximum Gasteiger partial charge on any atom is 0.223 e. The minimum atomic E-state index is -0.0578. The first-order valence-electron chi connectivity index (χ1n) is 8.11. The molecular weight excluding hydrogens is 368 g/mol. The number of anilines is 1. The van der Waals surface area contributed by atoms with Crippen molar-refractivity contribution >= 4 is 27.5 Å². The fraction of sp³-hybridized carbons (Fsp3) is 0.316. The quantitative estimate of drug-likeness (QED) is 0.814. The van der Waals surface area contributed by atoms with Crippen molar-refractivity contribution in [3.05, 3.63) is 64.1 Å². The van der Waals surface area contributed by atoms with Crippen LogP contribution in [0.15, 0.2) is 53.0 Å². The highest BCUT2D eigenvalue weighted by atomic mass is 79.9. The predicted molar refractivity (Wildman–Crippen MR) is 98.6 cm³/mol. The lowest BCUT2D eigenvalue weighted by Crippen LogP contribution is -2.42. The van der Waals surface area contributed by atoms with Crippen molar-refractivity contribution in [1.82, 2.24) is 4.90 Å². The van der Waals surface area contributed by atoms with E-state index >= 15 is 0 Å². The molecule has 0 spiro atoms. The average molecular weight is 389 g/mol. The SMILES string of the molecule is Nc1ccccc1CCC(=O)N1CCOC(c2ccc(Br)cc2)C1. The first kappa shape index (κ1) is 17.0. The molecule has 1 unspecified atom stereocenters. The van der Waals surface area contributed by atoms with Crippen molar-refractivity contribution in [2.75, 3.05) is 25.4 Å². The molecule has 1 fully saturated rings. The van der Waals surface area contributed by atoms with Gasteiger partial charge in [-0.1, -0.05) is 46.3 Å². The van der Waals surface area contributed by atoms with E-state index in [2.05, 4.69) is 15.9 Å². The Hall–Kier alpha value is -1.85. The Bertz CT molecular complexity index is 703. The van der Waals surface area contributed by atoms with E-state index in [9.17, 15) is 4.79 Å². The summed E-state index contributed by atoms with van der Waals surface area (Å²) in [5.74, 6) is 0.156. The van der Waals surface area contributed by atoms with Gasteiger partial charge in [0.15, 0.2) is 0 Å². The molecule has 4 nitrogen and oxygen atoms in total. The summed E-state index contributed by atoms with van der Waals surface area (Å²) in [7, 11) is 0. The van der Waals surface area contributed by atoms with Crippen LogP contribution in [0.3, 0.4) is 0 Å². The molecule has 0 aliphatic carbocycles. The molecule has 5 heteroatoms. The summed E-state index contributed by atoms with van der Waals surface area (Å²) in [6.07, 6.45) is 1.09. The van der Waals surface area contributed by atoms with Gasteiger partial charge in [-0.05, 0) is 35.7 Å². The Morgan fingerprint density at radius 3 is 2.71 bits per heavy atom. The molecule has 1 aliphatic heterocycles. The number of rotatable bonds is 4. The number of para-hydroxylation sites is 1. The highest BCUT2D eigenvalue weighted by Crippen LogP contribution is 2.24. The second-order valence-electron chi connectivity index (χ2n) is 5.95. The lowest BCUT2D eigenvalue weighted by atomic mass is 10.1. The third-order valence-electron chi connectivity index (χ3n) is 4.32. The molecule has 1 aliphatic rings. The van der Waals surface area contributed by atoms with Gasteiger partial charge in [0.1, 0.15) is 6.10 Å². The van der Waals surface area contributed by atoms with Gasteiger partial charge in [0.05, 0.1) is 13.2 Å². The van der Waals surface area contributed by atoms with E-state index in [1.54, 1.807) is 0 Å². The number of morpholine rings is 1. The fourth-order valence-corrected chi connectivity index (χ4v) is 3.18. The Morgan fingerprint density at radius 2 is 1.96 bits per heavy atom. The highest BCUT2D eigenvalue weighted by Gasteiger charge is 2.25. The van der Waals surface area contributed by atoms with Gasteiger partial charge in [0, 0.05) is 23.1 Å². The number of amides is 1. The van der Waals surface area contributed by atoms with Crippen molar-refractivity contribution in [2.45, 2.75) is 18.9 Å². The van der Waals surface area contributed by atoms with Crippen molar-refractivity contribution in [3.63, 3.8) is 0 Å². The van der Waals surface area contributed by atoms with Crippen LogP contribution in [0.2, 0.25) is 0 Å². The van der Waals surface area contributed by atoms with Gasteiger partial charge >= 0.3 is 0 Å². The standard InChI is InChI=1S/C19H21BrN2O2/c20-16-8-5-15(6-9-16)18-13-22(11-12-24-18)19(23)10-7-14-3-1-2-4-17(14)21/h1-6,8-9,18H,7,10-13,21H2. The lowest BCUT2D eigenvalue weighted by Gasteiger charge is -2.33. The minimum Gasteiger partial charge on any atom is -0.399 e. The maximum atomic E-state index is 12.5. The summed E-state index contributed by atoms with van der Waals surface area (Å²) in [6.45, 7) is 1.82. The number of hydrogen-bond donors (Lipinski definition) is 1. The number of aryl methyl sites for hydroxylation is 1. The number of nitrogen functional groups attached to an aromatic ring is 1. The molecule has 2 N–H and O–H groups in total. The number of hydrogen-bond acceptors (Lipinski definition) is 3. The van der Waals surface area contributed by atoms with E-state index in [1.807, 2.05) is 53.4 Å². The number of carbonyl (C=O) groups is 1. The van der Waals surface area contributed by atoms with Crippen LogP contribution < -0.4 is 5.73 Å². The molecule has 1 atom stereocenters. The largest absolute Gasteiger partial charge is 0.399 e. The summed E-state index contributed by atoms with van der Waals surface area (Å²) in [4.78, 5) is 14.4. The van der Waals surface area contributed by atoms with Crippen LogP contribution in [0.5, 0.6) is 0 Å². The molecule has 1 saturated heterocycles. The van der Waals surface area contributed by atoms with Gasteiger partial charge in [0.25, 0.3) is 0 Å². The smallest absolute Gasteiger partial charge is 0.223 e. The summed E-state index contributed by atoms with van der Waals surface area (Å²) < 4.78 is 6.87. The number of carbonyl (C=O) groups excluding carboxylic acids is 1. The lowest BCUT2D eigenvalue weighted by molar-refractivity contribution is -0.139. The van der Waals surface area contributed by atoms with Crippen molar-refractivity contribution < 1.29 is 9.53 Å². The summed E-state index contributed by atoms with van der Waals surface area (Å²) in [5.41, 5.74) is 8.83. The first-order valence-corrected chi connectivity index (χ1v) is 8.91. The summed E-state index contributed by atoms with van der Waals surface area (Å²) in [5, 5.41) is 0. The molecule has 1 heterocycles. The maximum absolute atomic E-state index is 12.5. The molecule has 2 aromatic rings. The van der Waals surface area contributed by atoms with Crippen molar-refractivity contribution in [2.24, 2.45) is 0 Å².